The van der Waals surface area contributed by atoms with Crippen molar-refractivity contribution in [2.75, 3.05) is 7.11 Å². The van der Waals surface area contributed by atoms with Crippen molar-refractivity contribution in [1.82, 2.24) is 0 Å². The fraction of sp³-hybridized carbons (Fsp3) is 0.158. The number of nitriles is 1. The monoisotopic (exact) mass is 400 g/mol. The van der Waals surface area contributed by atoms with Gasteiger partial charge in [-0.25, -0.2) is 0 Å². The molecule has 0 N–H and O–H groups in total. The third-order valence-corrected chi connectivity index (χ3v) is 3.96. The molecule has 2 aromatic rings. The number of carbonyl (C=O) groups is 1. The van der Waals surface area contributed by atoms with Gasteiger partial charge in [-0.05, 0) is 36.8 Å². The summed E-state index contributed by atoms with van der Waals surface area (Å²) in [7, 11) is 1.46. The van der Waals surface area contributed by atoms with Crippen molar-refractivity contribution >= 4 is 33.5 Å². The van der Waals surface area contributed by atoms with Gasteiger partial charge in [-0.3, -0.25) is 0 Å². The lowest BCUT2D eigenvalue weighted by molar-refractivity contribution is -0.312. The maximum Gasteiger partial charge on any atom is 0.169 e. The van der Waals surface area contributed by atoms with Gasteiger partial charge in [0.2, 0.25) is 0 Å². The molecule has 0 unspecified atom stereocenters. The molecule has 25 heavy (non-hydrogen) atoms. The molecule has 6 heteroatoms. The summed E-state index contributed by atoms with van der Waals surface area (Å²) in [4.78, 5) is 11.0. The SMILES string of the molecule is COc1cccc(/C=C(/C#N)c2ccc(Br)cc2)c1O[C@@H](C)C(=O)[O-]. The Morgan fingerprint density at radius 3 is 2.52 bits per heavy atom. The number of allylic oxidation sites excluding steroid dienone is 1. The average Bonchev–Trinajstić information content (AvgIpc) is 2.61. The number of halogens is 1. The van der Waals surface area contributed by atoms with E-state index in [0.717, 1.165) is 10.0 Å². The first-order valence-corrected chi connectivity index (χ1v) is 8.17. The van der Waals surface area contributed by atoms with Crippen LogP contribution in [0.15, 0.2) is 46.9 Å². The van der Waals surface area contributed by atoms with Gasteiger partial charge in [0.1, 0.15) is 6.10 Å². The van der Waals surface area contributed by atoms with Gasteiger partial charge in [0.15, 0.2) is 11.5 Å². The third kappa shape index (κ3) is 4.61. The van der Waals surface area contributed by atoms with E-state index in [1.165, 1.54) is 14.0 Å². The highest BCUT2D eigenvalue weighted by atomic mass is 79.9. The first kappa shape index (κ1) is 18.6. The number of para-hydroxylation sites is 1. The quantitative estimate of drug-likeness (QED) is 0.549. The fourth-order valence-corrected chi connectivity index (χ4v) is 2.39. The normalized spacial score (nSPS) is 12.2. The summed E-state index contributed by atoms with van der Waals surface area (Å²) in [6.07, 6.45) is 0.463. The molecule has 0 saturated heterocycles. The summed E-state index contributed by atoms with van der Waals surface area (Å²) in [5.41, 5.74) is 1.67. The van der Waals surface area contributed by atoms with Crippen molar-refractivity contribution in [2.24, 2.45) is 0 Å². The highest BCUT2D eigenvalue weighted by Crippen LogP contribution is 2.34. The van der Waals surface area contributed by atoms with E-state index in [9.17, 15) is 15.2 Å². The van der Waals surface area contributed by atoms with Gasteiger partial charge in [0.05, 0.1) is 24.7 Å². The number of carboxylic acids is 1. The summed E-state index contributed by atoms with van der Waals surface area (Å²) in [5, 5.41) is 20.5. The van der Waals surface area contributed by atoms with Gasteiger partial charge < -0.3 is 19.4 Å². The molecule has 0 spiro atoms. The second kappa shape index (κ2) is 8.36. The van der Waals surface area contributed by atoms with Crippen molar-refractivity contribution in [3.8, 4) is 17.6 Å². The first-order valence-electron chi connectivity index (χ1n) is 7.38. The van der Waals surface area contributed by atoms with Crippen molar-refractivity contribution in [1.29, 1.82) is 5.26 Å². The lowest BCUT2D eigenvalue weighted by atomic mass is 10.0. The Morgan fingerprint density at radius 2 is 1.96 bits per heavy atom. The second-order valence-electron chi connectivity index (χ2n) is 5.13. The first-order chi connectivity index (χ1) is 12.0. The molecule has 0 aliphatic rings. The van der Waals surface area contributed by atoms with Gasteiger partial charge >= 0.3 is 0 Å². The standard InChI is InChI=1S/C19H16BrNO4/c1-12(19(22)23)25-18-14(4-3-5-17(18)24-2)10-15(11-21)13-6-8-16(20)9-7-13/h3-10,12H,1-2H3,(H,22,23)/p-1/b15-10-/t12-/m0/s1. The van der Waals surface area contributed by atoms with Gasteiger partial charge in [0.25, 0.3) is 0 Å². The summed E-state index contributed by atoms with van der Waals surface area (Å²) < 4.78 is 11.6. The van der Waals surface area contributed by atoms with Crippen LogP contribution in [0.5, 0.6) is 11.5 Å². The van der Waals surface area contributed by atoms with Gasteiger partial charge in [0, 0.05) is 10.0 Å². The molecule has 0 aromatic heterocycles. The molecule has 0 amide bonds. The number of rotatable bonds is 6. The van der Waals surface area contributed by atoms with Crippen LogP contribution in [0.4, 0.5) is 0 Å². The number of carbonyl (C=O) groups excluding carboxylic acids is 1. The number of aliphatic carboxylic acids is 1. The third-order valence-electron chi connectivity index (χ3n) is 3.43. The van der Waals surface area contributed by atoms with Crippen LogP contribution < -0.4 is 14.6 Å². The summed E-state index contributed by atoms with van der Waals surface area (Å²) >= 11 is 3.35. The number of carboxylic acid groups (broad SMARTS) is 1. The number of benzene rings is 2. The molecule has 2 aromatic carbocycles. The van der Waals surface area contributed by atoms with Gasteiger partial charge in [-0.15, -0.1) is 0 Å². The summed E-state index contributed by atoms with van der Waals surface area (Å²) in [5.74, 6) is -0.726. The van der Waals surface area contributed by atoms with Crippen LogP contribution in [0.3, 0.4) is 0 Å². The van der Waals surface area contributed by atoms with Crippen molar-refractivity contribution in [2.45, 2.75) is 13.0 Å². The van der Waals surface area contributed by atoms with E-state index < -0.39 is 12.1 Å². The fourth-order valence-electron chi connectivity index (χ4n) is 2.12. The minimum Gasteiger partial charge on any atom is -0.546 e. The van der Waals surface area contributed by atoms with Gasteiger partial charge in [-0.2, -0.15) is 5.26 Å². The molecule has 0 bridgehead atoms. The van der Waals surface area contributed by atoms with Crippen LogP contribution >= 0.6 is 15.9 Å². The Labute approximate surface area is 154 Å². The molecular formula is C19H15BrNO4-. The van der Waals surface area contributed by atoms with E-state index in [1.54, 1.807) is 24.3 Å². The molecular weight excluding hydrogens is 386 g/mol. The van der Waals surface area contributed by atoms with Gasteiger partial charge in [-0.1, -0.05) is 40.2 Å². The Bertz CT molecular complexity index is 837. The van der Waals surface area contributed by atoms with Crippen molar-refractivity contribution in [3.63, 3.8) is 0 Å². The van der Waals surface area contributed by atoms with Crippen molar-refractivity contribution < 1.29 is 19.4 Å². The van der Waals surface area contributed by atoms with E-state index in [4.69, 9.17) is 9.47 Å². The molecule has 0 aliphatic carbocycles. The topological polar surface area (TPSA) is 82.4 Å². The predicted molar refractivity (Wildman–Crippen MR) is 95.7 cm³/mol. The predicted octanol–water partition coefficient (Wildman–Crippen LogP) is 3.04. The Morgan fingerprint density at radius 1 is 1.28 bits per heavy atom. The number of ether oxygens (including phenoxy) is 2. The Balaban J connectivity index is 2.51. The van der Waals surface area contributed by atoms with Crippen molar-refractivity contribution in [3.05, 3.63) is 58.1 Å². The lowest BCUT2D eigenvalue weighted by Gasteiger charge is -2.19. The van der Waals surface area contributed by atoms with Crippen LogP contribution in [0.25, 0.3) is 11.6 Å². The Kier molecular flexibility index (Phi) is 6.20. The number of nitrogens with zero attached hydrogens (tertiary/aromatic N) is 1. The zero-order chi connectivity index (χ0) is 18.4. The van der Waals surface area contributed by atoms with E-state index in [2.05, 4.69) is 22.0 Å². The summed E-state index contributed by atoms with van der Waals surface area (Å²) in [6.45, 7) is 1.37. The summed E-state index contributed by atoms with van der Waals surface area (Å²) in [6, 6.07) is 14.5. The molecule has 1 atom stereocenters. The molecule has 0 saturated carbocycles. The highest BCUT2D eigenvalue weighted by Gasteiger charge is 2.14. The average molecular weight is 401 g/mol. The van der Waals surface area contributed by atoms with E-state index >= 15 is 0 Å². The minimum atomic E-state index is -1.34. The molecule has 5 nitrogen and oxygen atoms in total. The maximum absolute atomic E-state index is 11.0. The van der Waals surface area contributed by atoms with Crippen LogP contribution in [-0.2, 0) is 4.79 Å². The number of methoxy groups -OCH3 is 1. The minimum absolute atomic E-state index is 0.242. The molecule has 128 valence electrons. The lowest BCUT2D eigenvalue weighted by Crippen LogP contribution is -2.37. The second-order valence-corrected chi connectivity index (χ2v) is 6.05. The molecule has 0 radical (unpaired) electrons. The van der Waals surface area contributed by atoms with E-state index in [-0.39, 0.29) is 5.75 Å². The van der Waals surface area contributed by atoms with E-state index in [1.807, 2.05) is 24.3 Å². The number of hydrogen-bond donors (Lipinski definition) is 0. The molecule has 2 rings (SSSR count). The molecule has 0 heterocycles. The van der Waals surface area contributed by atoms with Crippen LogP contribution in [-0.4, -0.2) is 19.2 Å². The zero-order valence-corrected chi connectivity index (χ0v) is 15.2. The van der Waals surface area contributed by atoms with Crippen LogP contribution in [0.1, 0.15) is 18.1 Å². The Hall–Kier alpha value is -2.78. The smallest absolute Gasteiger partial charge is 0.169 e. The van der Waals surface area contributed by atoms with Crippen LogP contribution in [0.2, 0.25) is 0 Å². The van der Waals surface area contributed by atoms with E-state index in [0.29, 0.717) is 16.9 Å². The maximum atomic E-state index is 11.0. The number of hydrogen-bond acceptors (Lipinski definition) is 5. The highest BCUT2D eigenvalue weighted by molar-refractivity contribution is 9.10. The zero-order valence-electron chi connectivity index (χ0n) is 13.7. The molecule has 0 aliphatic heterocycles. The molecule has 0 fully saturated rings. The van der Waals surface area contributed by atoms with Crippen LogP contribution in [0, 0.1) is 11.3 Å². The largest absolute Gasteiger partial charge is 0.546 e.